The Balaban J connectivity index is 1.37. The van der Waals surface area contributed by atoms with Crippen molar-refractivity contribution in [3.63, 3.8) is 0 Å². The minimum atomic E-state index is -3.65. The number of para-hydroxylation sites is 1. The third-order valence-electron chi connectivity index (χ3n) is 6.39. The maximum atomic E-state index is 13.5. The van der Waals surface area contributed by atoms with Crippen LogP contribution in [0.3, 0.4) is 0 Å². The van der Waals surface area contributed by atoms with Crippen LogP contribution in [0.1, 0.15) is 48.2 Å². The van der Waals surface area contributed by atoms with Gasteiger partial charge in [-0.3, -0.25) is 9.21 Å². The second-order valence-electron chi connectivity index (χ2n) is 9.21. The predicted molar refractivity (Wildman–Crippen MR) is 138 cm³/mol. The zero-order chi connectivity index (χ0) is 23.9. The number of piperidine rings is 1. The summed E-state index contributed by atoms with van der Waals surface area (Å²) in [6.45, 7) is 6.49. The van der Waals surface area contributed by atoms with E-state index >= 15 is 0 Å². The van der Waals surface area contributed by atoms with Gasteiger partial charge in [-0.1, -0.05) is 18.2 Å². The molecule has 1 fully saturated rings. The van der Waals surface area contributed by atoms with Crippen LogP contribution in [0.5, 0.6) is 0 Å². The maximum Gasteiger partial charge on any atom is 0.274 e. The Morgan fingerprint density at radius 1 is 1.24 bits per heavy atom. The van der Waals surface area contributed by atoms with E-state index in [0.29, 0.717) is 9.90 Å². The first-order valence-electron chi connectivity index (χ1n) is 11.6. The van der Waals surface area contributed by atoms with Crippen molar-refractivity contribution < 1.29 is 13.5 Å². The number of hydrogen-bond donors (Lipinski definition) is 2. The molecule has 2 aliphatic rings. The number of aromatic nitrogens is 1. The summed E-state index contributed by atoms with van der Waals surface area (Å²) < 4.78 is 28.8. The average molecular weight is 519 g/mol. The Morgan fingerprint density at radius 2 is 2.03 bits per heavy atom. The van der Waals surface area contributed by atoms with Crippen molar-refractivity contribution in [1.29, 1.82) is 0 Å². The van der Waals surface area contributed by atoms with Gasteiger partial charge in [-0.25, -0.2) is 13.4 Å². The first-order chi connectivity index (χ1) is 16.3. The van der Waals surface area contributed by atoms with Gasteiger partial charge in [-0.2, -0.15) is 0 Å². The molecule has 4 heterocycles. The number of sulfonamides is 1. The fourth-order valence-electron chi connectivity index (χ4n) is 4.75. The van der Waals surface area contributed by atoms with Crippen LogP contribution in [0, 0.1) is 0 Å². The zero-order valence-electron chi connectivity index (χ0n) is 19.3. The second-order valence-corrected chi connectivity index (χ2v) is 13.3. The van der Waals surface area contributed by atoms with Gasteiger partial charge in [0.1, 0.15) is 9.22 Å². The summed E-state index contributed by atoms with van der Waals surface area (Å²) in [5.41, 5.74) is 2.67. The summed E-state index contributed by atoms with van der Waals surface area (Å²) in [7, 11) is -3.65. The van der Waals surface area contributed by atoms with Gasteiger partial charge < -0.3 is 10.4 Å². The number of thiophene rings is 1. The van der Waals surface area contributed by atoms with Crippen molar-refractivity contribution in [2.45, 2.75) is 62.1 Å². The van der Waals surface area contributed by atoms with E-state index in [-0.39, 0.29) is 18.2 Å². The second kappa shape index (κ2) is 9.58. The first kappa shape index (κ1) is 23.7. The quantitative estimate of drug-likeness (QED) is 0.480. The molecule has 182 valence electrons. The lowest BCUT2D eigenvalue weighted by atomic mass is 10.1. The lowest BCUT2D eigenvalue weighted by molar-refractivity contribution is 0.0797. The van der Waals surface area contributed by atoms with Gasteiger partial charge >= 0.3 is 0 Å². The number of aliphatic hydroxyl groups excluding tert-OH is 1. The molecule has 0 bridgehead atoms. The predicted octanol–water partition coefficient (Wildman–Crippen LogP) is 4.47. The molecule has 1 atom stereocenters. The molecule has 2 aliphatic heterocycles. The molecular weight excluding hydrogens is 488 g/mol. The van der Waals surface area contributed by atoms with Gasteiger partial charge in [0.2, 0.25) is 0 Å². The molecule has 7 nitrogen and oxygen atoms in total. The smallest absolute Gasteiger partial charge is 0.274 e. The summed E-state index contributed by atoms with van der Waals surface area (Å²) in [5.74, 6) is 0. The van der Waals surface area contributed by atoms with Gasteiger partial charge in [0, 0.05) is 43.2 Å². The molecule has 0 amide bonds. The van der Waals surface area contributed by atoms with E-state index in [9.17, 15) is 13.5 Å². The lowest BCUT2D eigenvalue weighted by Gasteiger charge is -2.29. The third kappa shape index (κ3) is 4.61. The molecule has 2 N–H and O–H groups in total. The molecule has 0 saturated carbocycles. The minimum absolute atomic E-state index is 0.0246. The Hall–Kier alpha value is -1.98. The number of rotatable bonds is 7. The Morgan fingerprint density at radius 3 is 2.74 bits per heavy atom. The van der Waals surface area contributed by atoms with Crippen LogP contribution in [-0.4, -0.2) is 48.6 Å². The maximum absolute atomic E-state index is 13.5. The van der Waals surface area contributed by atoms with Crippen LogP contribution in [0.25, 0.3) is 0 Å². The molecule has 3 aromatic rings. The van der Waals surface area contributed by atoms with Crippen LogP contribution in [-0.2, 0) is 23.0 Å². The highest BCUT2D eigenvalue weighted by atomic mass is 32.2. The average Bonchev–Trinajstić information content (AvgIpc) is 3.56. The van der Waals surface area contributed by atoms with Crippen LogP contribution >= 0.6 is 22.7 Å². The largest absolute Gasteiger partial charge is 0.393 e. The standard InChI is InChI=1S/C24H30N4O3S3/c1-16(2)28(34(30,31)22-7-4-12-32-22)21-6-3-5-17-13-20(26-23(17)21)24-25-14-19(33-24)15-27-10-8-18(29)9-11-27/h3-7,12,14,16,18,20,26,29H,8-11,13,15H2,1-2H3. The summed E-state index contributed by atoms with van der Waals surface area (Å²) in [6.07, 6.45) is 4.22. The van der Waals surface area contributed by atoms with Crippen molar-refractivity contribution in [2.75, 3.05) is 22.7 Å². The number of nitrogens with zero attached hydrogens (tertiary/aromatic N) is 3. The molecule has 0 aliphatic carbocycles. The van der Waals surface area contributed by atoms with E-state index in [4.69, 9.17) is 4.98 Å². The number of aliphatic hydroxyl groups is 1. The van der Waals surface area contributed by atoms with Crippen molar-refractivity contribution in [1.82, 2.24) is 9.88 Å². The number of nitrogens with one attached hydrogen (secondary N) is 1. The number of hydrogen-bond acceptors (Lipinski definition) is 8. The third-order valence-corrected chi connectivity index (χ3v) is 10.9. The molecule has 5 rings (SSSR count). The van der Waals surface area contributed by atoms with E-state index in [0.717, 1.165) is 55.2 Å². The normalized spacial score (nSPS) is 19.4. The van der Waals surface area contributed by atoms with Crippen LogP contribution < -0.4 is 9.62 Å². The van der Waals surface area contributed by atoms with Crippen LogP contribution in [0.15, 0.2) is 46.1 Å². The van der Waals surface area contributed by atoms with Crippen LogP contribution in [0.2, 0.25) is 0 Å². The summed E-state index contributed by atoms with van der Waals surface area (Å²) in [6, 6.07) is 9.12. The van der Waals surface area contributed by atoms with Gasteiger partial charge in [-0.15, -0.1) is 22.7 Å². The van der Waals surface area contributed by atoms with E-state index in [2.05, 4.69) is 16.3 Å². The fourth-order valence-corrected chi connectivity index (χ4v) is 8.51. The van der Waals surface area contributed by atoms with Gasteiger partial charge in [0.15, 0.2) is 0 Å². The fraction of sp³-hybridized carbons (Fsp3) is 0.458. The van der Waals surface area contributed by atoms with Gasteiger partial charge in [-0.05, 0) is 49.8 Å². The molecule has 0 radical (unpaired) electrons. The molecule has 1 saturated heterocycles. The Bertz CT molecular complexity index is 1230. The monoisotopic (exact) mass is 518 g/mol. The highest BCUT2D eigenvalue weighted by Crippen LogP contribution is 2.43. The summed E-state index contributed by atoms with van der Waals surface area (Å²) in [5, 5.41) is 16.1. The van der Waals surface area contributed by atoms with E-state index in [1.807, 2.05) is 32.2 Å². The Labute approximate surface area is 209 Å². The molecule has 0 spiro atoms. The van der Waals surface area contributed by atoms with E-state index in [1.165, 1.54) is 20.5 Å². The number of anilines is 2. The molecular formula is C24H30N4O3S3. The van der Waals surface area contributed by atoms with Crippen molar-refractivity contribution in [3.05, 3.63) is 57.4 Å². The van der Waals surface area contributed by atoms with Crippen molar-refractivity contribution in [3.8, 4) is 0 Å². The highest BCUT2D eigenvalue weighted by molar-refractivity contribution is 7.94. The minimum Gasteiger partial charge on any atom is -0.393 e. The van der Waals surface area contributed by atoms with Crippen molar-refractivity contribution >= 4 is 44.1 Å². The summed E-state index contributed by atoms with van der Waals surface area (Å²) >= 11 is 2.95. The van der Waals surface area contributed by atoms with Gasteiger partial charge in [0.05, 0.1) is 23.5 Å². The number of thiazole rings is 1. The highest BCUT2D eigenvalue weighted by Gasteiger charge is 2.34. The molecule has 34 heavy (non-hydrogen) atoms. The van der Waals surface area contributed by atoms with Gasteiger partial charge in [0.25, 0.3) is 10.0 Å². The van der Waals surface area contributed by atoms with Crippen molar-refractivity contribution in [2.24, 2.45) is 0 Å². The number of fused-ring (bicyclic) bond motifs is 1. The number of likely N-dealkylation sites (tertiary alicyclic amines) is 1. The first-order valence-corrected chi connectivity index (χ1v) is 14.8. The zero-order valence-corrected chi connectivity index (χ0v) is 21.8. The summed E-state index contributed by atoms with van der Waals surface area (Å²) in [4.78, 5) is 8.30. The Kier molecular flexibility index (Phi) is 6.69. The molecule has 1 aromatic carbocycles. The molecule has 10 heteroatoms. The molecule has 2 aromatic heterocycles. The molecule has 1 unspecified atom stereocenters. The topological polar surface area (TPSA) is 85.8 Å². The van der Waals surface area contributed by atoms with Crippen LogP contribution in [0.4, 0.5) is 11.4 Å². The SMILES string of the molecule is CC(C)N(c1cccc2c1NC(c1ncc(CN3CCC(O)CC3)s1)C2)S(=O)(=O)c1cccs1. The lowest BCUT2D eigenvalue weighted by Crippen LogP contribution is -2.37. The van der Waals surface area contributed by atoms with E-state index in [1.54, 1.807) is 28.8 Å². The van der Waals surface area contributed by atoms with E-state index < -0.39 is 10.0 Å². The number of benzene rings is 1.